The smallest absolute Gasteiger partial charge is 0.0572 e. The molecule has 2 N–H and O–H groups in total. The molecule has 0 aliphatic heterocycles. The summed E-state index contributed by atoms with van der Waals surface area (Å²) < 4.78 is 0. The monoisotopic (exact) mass is 235 g/mol. The summed E-state index contributed by atoms with van der Waals surface area (Å²) >= 11 is 0. The molecule has 3 heteroatoms. The van der Waals surface area contributed by atoms with E-state index in [4.69, 9.17) is 5.73 Å². The van der Waals surface area contributed by atoms with Gasteiger partial charge in [0.05, 0.1) is 17.6 Å². The molecule has 1 heterocycles. The van der Waals surface area contributed by atoms with E-state index in [0.717, 1.165) is 25.2 Å². The third-order valence-corrected chi connectivity index (χ3v) is 2.92. The van der Waals surface area contributed by atoms with Gasteiger partial charge in [0.15, 0.2) is 0 Å². The molecule has 0 saturated carbocycles. The molecule has 1 rings (SSSR count). The Morgan fingerprint density at radius 2 is 2.00 bits per heavy atom. The van der Waals surface area contributed by atoms with Crippen LogP contribution in [0.15, 0.2) is 18.3 Å². The van der Waals surface area contributed by atoms with Gasteiger partial charge >= 0.3 is 0 Å². The maximum atomic E-state index is 5.96. The quantitative estimate of drug-likeness (QED) is 0.824. The molecule has 0 radical (unpaired) electrons. The molecule has 96 valence electrons. The predicted molar refractivity (Wildman–Crippen MR) is 74.2 cm³/mol. The number of aromatic nitrogens is 1. The molecule has 17 heavy (non-hydrogen) atoms. The van der Waals surface area contributed by atoms with Crippen molar-refractivity contribution in [1.29, 1.82) is 0 Å². The van der Waals surface area contributed by atoms with Crippen LogP contribution in [0.5, 0.6) is 0 Å². The molecule has 1 atom stereocenters. The Morgan fingerprint density at radius 1 is 1.29 bits per heavy atom. The highest BCUT2D eigenvalue weighted by molar-refractivity contribution is 5.44. The van der Waals surface area contributed by atoms with Crippen LogP contribution >= 0.6 is 0 Å². The van der Waals surface area contributed by atoms with Gasteiger partial charge in [0, 0.05) is 19.1 Å². The fourth-order valence-electron chi connectivity index (χ4n) is 1.87. The molecule has 0 unspecified atom stereocenters. The zero-order valence-corrected chi connectivity index (χ0v) is 11.5. The first-order chi connectivity index (χ1) is 8.08. The Balaban J connectivity index is 2.77. The lowest BCUT2D eigenvalue weighted by atomic mass is 10.1. The minimum Gasteiger partial charge on any atom is -0.370 e. The van der Waals surface area contributed by atoms with Crippen molar-refractivity contribution in [3.8, 4) is 0 Å². The molecule has 0 aromatic carbocycles. The van der Waals surface area contributed by atoms with E-state index in [-0.39, 0.29) is 6.04 Å². The molecule has 0 saturated heterocycles. The second kappa shape index (κ2) is 6.60. The summed E-state index contributed by atoms with van der Waals surface area (Å²) in [5.74, 6) is 0.660. The molecule has 0 bridgehead atoms. The zero-order valence-electron chi connectivity index (χ0n) is 11.5. The van der Waals surface area contributed by atoms with Gasteiger partial charge in [-0.25, -0.2) is 0 Å². The van der Waals surface area contributed by atoms with Crippen LogP contribution in [0.2, 0.25) is 0 Å². The first-order valence-electron chi connectivity index (χ1n) is 6.54. The number of anilines is 1. The average Bonchev–Trinajstić information content (AvgIpc) is 2.35. The fourth-order valence-corrected chi connectivity index (χ4v) is 1.87. The second-order valence-electron chi connectivity index (χ2n) is 4.89. The van der Waals surface area contributed by atoms with Crippen molar-refractivity contribution < 1.29 is 0 Å². The van der Waals surface area contributed by atoms with Crippen molar-refractivity contribution in [1.82, 2.24) is 4.98 Å². The molecule has 0 fully saturated rings. The number of rotatable bonds is 6. The van der Waals surface area contributed by atoms with Gasteiger partial charge in [-0.2, -0.15) is 0 Å². The van der Waals surface area contributed by atoms with Crippen LogP contribution in [0.1, 0.15) is 45.9 Å². The van der Waals surface area contributed by atoms with Gasteiger partial charge in [-0.05, 0) is 31.4 Å². The van der Waals surface area contributed by atoms with E-state index in [1.807, 2.05) is 12.3 Å². The molecular formula is C14H25N3. The highest BCUT2D eigenvalue weighted by Gasteiger charge is 2.09. The van der Waals surface area contributed by atoms with E-state index in [9.17, 15) is 0 Å². The lowest BCUT2D eigenvalue weighted by Crippen LogP contribution is -2.27. The van der Waals surface area contributed by atoms with E-state index in [0.29, 0.717) is 5.92 Å². The van der Waals surface area contributed by atoms with Crippen LogP contribution in [-0.2, 0) is 0 Å². The standard InChI is InChI=1S/C14H25N3/c1-5-13(15)14-8-7-12(9-16-14)17(6-2)10-11(3)4/h7-9,11,13H,5-6,10,15H2,1-4H3/t13-/m0/s1. The van der Waals surface area contributed by atoms with E-state index in [1.54, 1.807) is 0 Å². The molecule has 0 spiro atoms. The van der Waals surface area contributed by atoms with Gasteiger partial charge in [-0.3, -0.25) is 4.98 Å². The van der Waals surface area contributed by atoms with Crippen LogP contribution in [0.3, 0.4) is 0 Å². The number of nitrogens with two attached hydrogens (primary N) is 1. The molecule has 0 amide bonds. The lowest BCUT2D eigenvalue weighted by Gasteiger charge is -2.25. The summed E-state index contributed by atoms with van der Waals surface area (Å²) in [5, 5.41) is 0. The Hall–Kier alpha value is -1.09. The summed E-state index contributed by atoms with van der Waals surface area (Å²) in [6, 6.07) is 4.24. The van der Waals surface area contributed by atoms with E-state index < -0.39 is 0 Å². The Labute approximate surface area is 105 Å². The Kier molecular flexibility index (Phi) is 5.42. The topological polar surface area (TPSA) is 42.1 Å². The van der Waals surface area contributed by atoms with Crippen LogP contribution < -0.4 is 10.6 Å². The third kappa shape index (κ3) is 4.00. The van der Waals surface area contributed by atoms with Gasteiger partial charge in [-0.1, -0.05) is 20.8 Å². The first kappa shape index (κ1) is 14.0. The molecule has 3 nitrogen and oxygen atoms in total. The van der Waals surface area contributed by atoms with Gasteiger partial charge < -0.3 is 10.6 Å². The highest BCUT2D eigenvalue weighted by Crippen LogP contribution is 2.17. The predicted octanol–water partition coefficient (Wildman–Crippen LogP) is 2.97. The summed E-state index contributed by atoms with van der Waals surface area (Å²) in [4.78, 5) is 6.81. The minimum atomic E-state index is 0.0595. The maximum absolute atomic E-state index is 5.96. The second-order valence-corrected chi connectivity index (χ2v) is 4.89. The van der Waals surface area contributed by atoms with Crippen LogP contribution in [0, 0.1) is 5.92 Å². The molecular weight excluding hydrogens is 210 g/mol. The number of nitrogens with zero attached hydrogens (tertiary/aromatic N) is 2. The maximum Gasteiger partial charge on any atom is 0.0572 e. The van der Waals surface area contributed by atoms with Gasteiger partial charge in [0.25, 0.3) is 0 Å². The SMILES string of the molecule is CC[C@H](N)c1ccc(N(CC)CC(C)C)cn1. The highest BCUT2D eigenvalue weighted by atomic mass is 15.1. The normalized spacial score (nSPS) is 12.8. The van der Waals surface area contributed by atoms with E-state index >= 15 is 0 Å². The van der Waals surface area contributed by atoms with Crippen LogP contribution in [0.4, 0.5) is 5.69 Å². The van der Waals surface area contributed by atoms with Crippen molar-refractivity contribution >= 4 is 5.69 Å². The van der Waals surface area contributed by atoms with Crippen LogP contribution in [-0.4, -0.2) is 18.1 Å². The van der Waals surface area contributed by atoms with Crippen molar-refractivity contribution in [3.05, 3.63) is 24.0 Å². The molecule has 0 aliphatic carbocycles. The van der Waals surface area contributed by atoms with Crippen LogP contribution in [0.25, 0.3) is 0 Å². The summed E-state index contributed by atoms with van der Waals surface area (Å²) in [6.45, 7) is 10.8. The zero-order chi connectivity index (χ0) is 12.8. The van der Waals surface area contributed by atoms with Gasteiger partial charge in [-0.15, -0.1) is 0 Å². The first-order valence-corrected chi connectivity index (χ1v) is 6.54. The van der Waals surface area contributed by atoms with Gasteiger partial charge in [0.2, 0.25) is 0 Å². The Morgan fingerprint density at radius 3 is 2.41 bits per heavy atom. The van der Waals surface area contributed by atoms with Crippen molar-refractivity contribution in [2.24, 2.45) is 11.7 Å². The molecule has 0 aliphatic rings. The minimum absolute atomic E-state index is 0.0595. The summed E-state index contributed by atoms with van der Waals surface area (Å²) in [6.07, 6.45) is 2.87. The number of hydrogen-bond acceptors (Lipinski definition) is 3. The lowest BCUT2D eigenvalue weighted by molar-refractivity contribution is 0.617. The molecule has 1 aromatic rings. The Bertz CT molecular complexity index is 319. The molecule has 1 aromatic heterocycles. The fraction of sp³-hybridized carbons (Fsp3) is 0.643. The van der Waals surface area contributed by atoms with E-state index in [2.05, 4.69) is 43.6 Å². The van der Waals surface area contributed by atoms with Crippen molar-refractivity contribution in [2.75, 3.05) is 18.0 Å². The largest absolute Gasteiger partial charge is 0.370 e. The van der Waals surface area contributed by atoms with Crippen molar-refractivity contribution in [3.63, 3.8) is 0 Å². The van der Waals surface area contributed by atoms with Crippen molar-refractivity contribution in [2.45, 2.75) is 40.2 Å². The number of pyridine rings is 1. The summed E-state index contributed by atoms with van der Waals surface area (Å²) in [7, 11) is 0. The number of hydrogen-bond donors (Lipinski definition) is 1. The van der Waals surface area contributed by atoms with E-state index in [1.165, 1.54) is 5.69 Å². The average molecular weight is 235 g/mol. The summed E-state index contributed by atoms with van der Waals surface area (Å²) in [5.41, 5.74) is 8.13. The van der Waals surface area contributed by atoms with Gasteiger partial charge in [0.1, 0.15) is 0 Å². The third-order valence-electron chi connectivity index (χ3n) is 2.92.